The highest BCUT2D eigenvalue weighted by Crippen LogP contribution is 2.37. The highest BCUT2D eigenvalue weighted by Gasteiger charge is 2.24. The normalized spacial score (nSPS) is 14.3. The van der Waals surface area contributed by atoms with Crippen molar-refractivity contribution in [3.05, 3.63) is 72.3 Å². The topological polar surface area (TPSA) is 98.1 Å². The lowest BCUT2D eigenvalue weighted by Gasteiger charge is -2.16. The summed E-state index contributed by atoms with van der Waals surface area (Å²) in [6, 6.07) is 6.62. The lowest BCUT2D eigenvalue weighted by Crippen LogP contribution is -2.12. The van der Waals surface area contributed by atoms with Crippen molar-refractivity contribution in [3.8, 4) is 11.1 Å². The third-order valence-electron chi connectivity index (χ3n) is 5.88. The monoisotopic (exact) mass is 442 g/mol. The number of hydrogen-bond donors (Lipinski definition) is 1. The van der Waals surface area contributed by atoms with E-state index in [1.807, 2.05) is 42.0 Å². The van der Waals surface area contributed by atoms with Gasteiger partial charge in [-0.2, -0.15) is 0 Å². The van der Waals surface area contributed by atoms with Crippen LogP contribution < -0.4 is 10.6 Å². The average Bonchev–Trinajstić information content (AvgIpc) is 3.45. The van der Waals surface area contributed by atoms with E-state index in [4.69, 9.17) is 5.73 Å². The van der Waals surface area contributed by atoms with Crippen molar-refractivity contribution in [1.82, 2.24) is 24.5 Å². The lowest BCUT2D eigenvalue weighted by atomic mass is 10.0. The van der Waals surface area contributed by atoms with E-state index in [1.165, 1.54) is 12.4 Å². The van der Waals surface area contributed by atoms with Gasteiger partial charge < -0.3 is 15.2 Å². The predicted octanol–water partition coefficient (Wildman–Crippen LogP) is 4.01. The number of aliphatic imine (C=N–C) groups is 1. The van der Waals surface area contributed by atoms with Crippen LogP contribution in [0.15, 0.2) is 65.9 Å². The maximum atomic E-state index is 14.3. The van der Waals surface area contributed by atoms with Gasteiger partial charge in [-0.05, 0) is 18.6 Å². The van der Waals surface area contributed by atoms with Crippen LogP contribution in [0.3, 0.4) is 0 Å². The van der Waals surface area contributed by atoms with Crippen molar-refractivity contribution < 1.29 is 4.39 Å². The summed E-state index contributed by atoms with van der Waals surface area (Å²) in [7, 11) is 3.78. The van der Waals surface area contributed by atoms with Crippen LogP contribution >= 0.6 is 0 Å². The zero-order valence-corrected chi connectivity index (χ0v) is 18.6. The Balaban J connectivity index is 1.52. The Morgan fingerprint density at radius 1 is 1.06 bits per heavy atom. The molecule has 5 rings (SSSR count). The molecule has 0 fully saturated rings. The third-order valence-corrected chi connectivity index (χ3v) is 5.88. The van der Waals surface area contributed by atoms with Crippen molar-refractivity contribution >= 4 is 28.5 Å². The smallest absolute Gasteiger partial charge is 0.224 e. The summed E-state index contributed by atoms with van der Waals surface area (Å²) < 4.78 is 16.3. The summed E-state index contributed by atoms with van der Waals surface area (Å²) in [4.78, 5) is 23.9. The van der Waals surface area contributed by atoms with E-state index in [9.17, 15) is 4.39 Å². The highest BCUT2D eigenvalue weighted by molar-refractivity contribution is 6.04. The first-order valence-electron chi connectivity index (χ1n) is 10.5. The third kappa shape index (κ3) is 3.61. The molecule has 1 aromatic carbocycles. The van der Waals surface area contributed by atoms with Crippen LogP contribution in [0.2, 0.25) is 0 Å². The van der Waals surface area contributed by atoms with Crippen LogP contribution in [0.1, 0.15) is 24.9 Å². The average molecular weight is 443 g/mol. The van der Waals surface area contributed by atoms with Gasteiger partial charge in [-0.15, -0.1) is 0 Å². The molecule has 33 heavy (non-hydrogen) atoms. The van der Waals surface area contributed by atoms with Gasteiger partial charge in [0.1, 0.15) is 23.6 Å². The van der Waals surface area contributed by atoms with E-state index >= 15 is 0 Å². The quantitative estimate of drug-likeness (QED) is 0.501. The van der Waals surface area contributed by atoms with Crippen molar-refractivity contribution in [2.24, 2.45) is 4.99 Å². The second kappa shape index (κ2) is 8.09. The van der Waals surface area contributed by atoms with Crippen molar-refractivity contribution in [2.75, 3.05) is 24.7 Å². The molecule has 1 unspecified atom stereocenters. The molecule has 8 nitrogen and oxygen atoms in total. The fourth-order valence-corrected chi connectivity index (χ4v) is 4.05. The fourth-order valence-electron chi connectivity index (χ4n) is 4.05. The Labute approximate surface area is 190 Å². The van der Waals surface area contributed by atoms with Gasteiger partial charge in [-0.3, -0.25) is 4.99 Å². The SMILES string of the molecule is CC(C1=CN=C(c2ccccc2F)C1)n1cc(-c2cnc(N(C)C)nc2)c2c(N)ncnc21. The first-order valence-corrected chi connectivity index (χ1v) is 10.5. The van der Waals surface area contributed by atoms with Gasteiger partial charge in [0.05, 0.1) is 17.1 Å². The molecule has 9 heteroatoms. The Kier molecular flexibility index (Phi) is 5.08. The number of nitrogens with two attached hydrogens (primary N) is 1. The van der Waals surface area contributed by atoms with Gasteiger partial charge in [0.15, 0.2) is 0 Å². The molecule has 2 N–H and O–H groups in total. The Bertz CT molecular complexity index is 1400. The summed E-state index contributed by atoms with van der Waals surface area (Å²) in [5, 5.41) is 0.749. The lowest BCUT2D eigenvalue weighted by molar-refractivity contribution is 0.623. The van der Waals surface area contributed by atoms with Gasteiger partial charge in [-0.1, -0.05) is 18.2 Å². The molecule has 0 amide bonds. The molecule has 1 atom stereocenters. The molecular weight excluding hydrogens is 419 g/mol. The number of rotatable bonds is 5. The minimum atomic E-state index is -0.270. The van der Waals surface area contributed by atoms with E-state index in [2.05, 4.69) is 31.9 Å². The van der Waals surface area contributed by atoms with Gasteiger partial charge in [-0.25, -0.2) is 24.3 Å². The van der Waals surface area contributed by atoms with Crippen LogP contribution in [-0.4, -0.2) is 44.3 Å². The Morgan fingerprint density at radius 2 is 1.82 bits per heavy atom. The van der Waals surface area contributed by atoms with E-state index in [-0.39, 0.29) is 11.9 Å². The number of nitrogen functional groups attached to an aromatic ring is 1. The zero-order valence-electron chi connectivity index (χ0n) is 18.6. The maximum Gasteiger partial charge on any atom is 0.224 e. The number of anilines is 2. The summed E-state index contributed by atoms with van der Waals surface area (Å²) in [5.74, 6) is 0.740. The van der Waals surface area contributed by atoms with E-state index in [0.717, 1.165) is 22.1 Å². The molecule has 1 aliphatic heterocycles. The largest absolute Gasteiger partial charge is 0.383 e. The van der Waals surface area contributed by atoms with E-state index in [0.29, 0.717) is 35.1 Å². The molecule has 166 valence electrons. The maximum absolute atomic E-state index is 14.3. The second-order valence-corrected chi connectivity index (χ2v) is 8.19. The molecule has 1 aliphatic rings. The second-order valence-electron chi connectivity index (χ2n) is 8.19. The van der Waals surface area contributed by atoms with Crippen molar-refractivity contribution in [2.45, 2.75) is 19.4 Å². The Hall–Kier alpha value is -4.14. The van der Waals surface area contributed by atoms with Gasteiger partial charge in [0.2, 0.25) is 5.95 Å². The number of hydrogen-bond acceptors (Lipinski definition) is 7. The highest BCUT2D eigenvalue weighted by atomic mass is 19.1. The number of halogens is 1. The molecule has 4 heterocycles. The van der Waals surface area contributed by atoms with Crippen molar-refractivity contribution in [1.29, 1.82) is 0 Å². The first-order chi connectivity index (χ1) is 15.9. The predicted molar refractivity (Wildman–Crippen MR) is 128 cm³/mol. The summed E-state index contributed by atoms with van der Waals surface area (Å²) >= 11 is 0. The molecule has 0 aliphatic carbocycles. The molecule has 0 radical (unpaired) electrons. The van der Waals surface area contributed by atoms with Crippen LogP contribution in [0.25, 0.3) is 22.2 Å². The van der Waals surface area contributed by atoms with Crippen LogP contribution in [0.5, 0.6) is 0 Å². The number of benzene rings is 1. The Morgan fingerprint density at radius 3 is 2.55 bits per heavy atom. The van der Waals surface area contributed by atoms with E-state index in [1.54, 1.807) is 24.5 Å². The number of aromatic nitrogens is 5. The molecule has 3 aromatic heterocycles. The summed E-state index contributed by atoms with van der Waals surface area (Å²) in [6.45, 7) is 2.07. The van der Waals surface area contributed by atoms with Crippen LogP contribution in [-0.2, 0) is 0 Å². The molecule has 4 aromatic rings. The first kappa shape index (κ1) is 20.7. The minimum absolute atomic E-state index is 0.0782. The molecule has 0 bridgehead atoms. The van der Waals surface area contributed by atoms with Crippen LogP contribution in [0.4, 0.5) is 16.2 Å². The van der Waals surface area contributed by atoms with Crippen molar-refractivity contribution in [3.63, 3.8) is 0 Å². The minimum Gasteiger partial charge on any atom is -0.383 e. The number of nitrogens with zero attached hydrogens (tertiary/aromatic N) is 7. The van der Waals surface area contributed by atoms with Gasteiger partial charge >= 0.3 is 0 Å². The van der Waals surface area contributed by atoms with Gasteiger partial charge in [0, 0.05) is 62.0 Å². The van der Waals surface area contributed by atoms with Crippen LogP contribution in [0, 0.1) is 5.82 Å². The number of fused-ring (bicyclic) bond motifs is 1. The summed E-state index contributed by atoms with van der Waals surface area (Å²) in [6.07, 6.45) is 9.37. The van der Waals surface area contributed by atoms with E-state index < -0.39 is 0 Å². The standard InChI is InChI=1S/C24H23FN8/c1-14(15-8-20(27-9-15)17-6-4-5-7-19(17)25)33-12-18(21-22(26)30-13-31-23(21)33)16-10-28-24(29-11-16)32(2)3/h4-7,9-14H,8H2,1-3H3,(H2,26,30,31). The summed E-state index contributed by atoms with van der Waals surface area (Å²) in [5.41, 5.74) is 10.9. The zero-order chi connectivity index (χ0) is 23.1. The molecule has 0 spiro atoms. The molecule has 0 saturated carbocycles. The van der Waals surface area contributed by atoms with Gasteiger partial charge in [0.25, 0.3) is 0 Å². The molecule has 0 saturated heterocycles. The molecular formula is C24H23FN8. The number of allylic oxidation sites excluding steroid dienone is 1. The fraction of sp³-hybridized carbons (Fsp3) is 0.208.